The molecular weight excluding hydrogens is 183 g/mol. The quantitative estimate of drug-likeness (QED) is 0.738. The molecule has 0 unspecified atom stereocenters. The van der Waals surface area contributed by atoms with Crippen LogP contribution in [0, 0.1) is 5.82 Å². The Morgan fingerprint density at radius 3 is 2.79 bits per heavy atom. The summed E-state index contributed by atoms with van der Waals surface area (Å²) in [7, 11) is 1.71. The molecule has 1 aromatic carbocycles. The Labute approximate surface area is 80.2 Å². The number of benzene rings is 1. The van der Waals surface area contributed by atoms with E-state index in [-0.39, 0.29) is 11.8 Å². The summed E-state index contributed by atoms with van der Waals surface area (Å²) in [4.78, 5) is 3.98. The van der Waals surface area contributed by atoms with Gasteiger partial charge in [0.15, 0.2) is 5.82 Å². The zero-order valence-electron chi connectivity index (χ0n) is 7.61. The lowest BCUT2D eigenvalue weighted by Gasteiger charge is -1.98. The molecule has 2 rings (SSSR count). The number of nitrogens with two attached hydrogens (primary N) is 1. The second-order valence-corrected chi connectivity index (χ2v) is 2.93. The fraction of sp³-hybridized carbons (Fsp3) is 0.111. The molecule has 14 heavy (non-hydrogen) atoms. The third kappa shape index (κ3) is 1.44. The van der Waals surface area contributed by atoms with Crippen molar-refractivity contribution < 1.29 is 4.39 Å². The second-order valence-electron chi connectivity index (χ2n) is 2.93. The first kappa shape index (κ1) is 8.68. The van der Waals surface area contributed by atoms with E-state index in [1.54, 1.807) is 19.2 Å². The molecule has 72 valence electrons. The number of nitrogen functional groups attached to an aromatic ring is 1. The minimum Gasteiger partial charge on any atom is -0.366 e. The molecule has 0 saturated carbocycles. The number of hydrogen-bond acceptors (Lipinski definition) is 3. The van der Waals surface area contributed by atoms with Crippen molar-refractivity contribution in [3.8, 4) is 11.4 Å². The topological polar surface area (TPSA) is 56.7 Å². The van der Waals surface area contributed by atoms with E-state index in [2.05, 4.69) is 10.1 Å². The predicted molar refractivity (Wildman–Crippen MR) is 50.8 cm³/mol. The van der Waals surface area contributed by atoms with Crippen LogP contribution in [-0.4, -0.2) is 14.8 Å². The van der Waals surface area contributed by atoms with Gasteiger partial charge in [0, 0.05) is 12.6 Å². The van der Waals surface area contributed by atoms with E-state index in [0.29, 0.717) is 11.4 Å². The van der Waals surface area contributed by atoms with Gasteiger partial charge in [-0.15, -0.1) is 5.10 Å². The molecule has 0 saturated heterocycles. The van der Waals surface area contributed by atoms with Crippen molar-refractivity contribution in [2.75, 3.05) is 5.73 Å². The highest BCUT2D eigenvalue weighted by molar-refractivity contribution is 5.56. The molecule has 0 fully saturated rings. The van der Waals surface area contributed by atoms with E-state index in [9.17, 15) is 4.39 Å². The van der Waals surface area contributed by atoms with Gasteiger partial charge in [0.05, 0.1) is 0 Å². The lowest BCUT2D eigenvalue weighted by molar-refractivity contribution is 0.628. The largest absolute Gasteiger partial charge is 0.366 e. The van der Waals surface area contributed by atoms with Crippen molar-refractivity contribution in [3.63, 3.8) is 0 Å². The Balaban J connectivity index is 2.54. The fourth-order valence-electron chi connectivity index (χ4n) is 1.28. The first-order chi connectivity index (χ1) is 6.66. The Bertz CT molecular complexity index is 464. The second kappa shape index (κ2) is 3.10. The number of rotatable bonds is 1. The predicted octanol–water partition coefficient (Wildman–Crippen LogP) is 1.20. The summed E-state index contributed by atoms with van der Waals surface area (Å²) in [5, 5.41) is 3.88. The smallest absolute Gasteiger partial charge is 0.240 e. The van der Waals surface area contributed by atoms with Crippen LogP contribution in [0.15, 0.2) is 24.3 Å². The van der Waals surface area contributed by atoms with E-state index in [1.165, 1.54) is 16.8 Å². The first-order valence-corrected chi connectivity index (χ1v) is 4.09. The maximum Gasteiger partial charge on any atom is 0.240 e. The van der Waals surface area contributed by atoms with E-state index in [1.807, 2.05) is 0 Å². The lowest BCUT2D eigenvalue weighted by Crippen LogP contribution is -1.94. The zero-order chi connectivity index (χ0) is 10.1. The molecule has 4 nitrogen and oxygen atoms in total. The van der Waals surface area contributed by atoms with Gasteiger partial charge >= 0.3 is 0 Å². The highest BCUT2D eigenvalue weighted by Crippen LogP contribution is 2.17. The number of anilines is 1. The van der Waals surface area contributed by atoms with Crippen LogP contribution in [0.4, 0.5) is 10.3 Å². The molecule has 2 aromatic rings. The van der Waals surface area contributed by atoms with Gasteiger partial charge in [-0.05, 0) is 12.1 Å². The molecule has 0 atom stereocenters. The summed E-state index contributed by atoms with van der Waals surface area (Å²) in [5.74, 6) is 0.442. The van der Waals surface area contributed by atoms with Gasteiger partial charge in [-0.3, -0.25) is 0 Å². The Morgan fingerprint density at radius 1 is 1.43 bits per heavy atom. The van der Waals surface area contributed by atoms with Gasteiger partial charge in [-0.25, -0.2) is 9.07 Å². The van der Waals surface area contributed by atoms with Gasteiger partial charge in [0.2, 0.25) is 5.95 Å². The standard InChI is InChI=1S/C9H9FN4/c1-14-8(12-9(11)13-14)6-3-2-4-7(10)5-6/h2-5H,1H3,(H2,11,13). The third-order valence-electron chi connectivity index (χ3n) is 1.86. The number of aryl methyl sites for hydroxylation is 1. The maximum atomic E-state index is 12.9. The third-order valence-corrected chi connectivity index (χ3v) is 1.86. The lowest BCUT2D eigenvalue weighted by atomic mass is 10.2. The molecule has 5 heteroatoms. The van der Waals surface area contributed by atoms with Crippen molar-refractivity contribution in [3.05, 3.63) is 30.1 Å². The van der Waals surface area contributed by atoms with Crippen LogP contribution >= 0.6 is 0 Å². The summed E-state index contributed by atoms with van der Waals surface area (Å²) in [6.07, 6.45) is 0. The van der Waals surface area contributed by atoms with E-state index >= 15 is 0 Å². The number of hydrogen-bond donors (Lipinski definition) is 1. The highest BCUT2D eigenvalue weighted by Gasteiger charge is 2.07. The molecule has 0 radical (unpaired) electrons. The zero-order valence-corrected chi connectivity index (χ0v) is 7.61. The molecular formula is C9H9FN4. The summed E-state index contributed by atoms with van der Waals surface area (Å²) in [6, 6.07) is 6.15. The van der Waals surface area contributed by atoms with Crippen molar-refractivity contribution in [1.29, 1.82) is 0 Å². The van der Waals surface area contributed by atoms with E-state index in [4.69, 9.17) is 5.73 Å². The number of aromatic nitrogens is 3. The molecule has 0 spiro atoms. The summed E-state index contributed by atoms with van der Waals surface area (Å²) in [5.41, 5.74) is 6.08. The molecule has 0 amide bonds. The van der Waals surface area contributed by atoms with Crippen molar-refractivity contribution in [2.45, 2.75) is 0 Å². The van der Waals surface area contributed by atoms with Crippen LogP contribution in [0.25, 0.3) is 11.4 Å². The summed E-state index contributed by atoms with van der Waals surface area (Å²) >= 11 is 0. The van der Waals surface area contributed by atoms with Crippen molar-refractivity contribution in [2.24, 2.45) is 7.05 Å². The molecule has 2 N–H and O–H groups in total. The first-order valence-electron chi connectivity index (χ1n) is 4.09. The molecule has 1 heterocycles. The maximum absolute atomic E-state index is 12.9. The average molecular weight is 192 g/mol. The molecule has 0 aliphatic heterocycles. The normalized spacial score (nSPS) is 10.4. The number of halogens is 1. The SMILES string of the molecule is Cn1nc(N)nc1-c1cccc(F)c1. The van der Waals surface area contributed by atoms with Crippen LogP contribution in [-0.2, 0) is 7.05 Å². The average Bonchev–Trinajstić information content (AvgIpc) is 2.45. The van der Waals surface area contributed by atoms with Crippen LogP contribution < -0.4 is 5.73 Å². The number of nitrogens with zero attached hydrogens (tertiary/aromatic N) is 3. The Kier molecular flexibility index (Phi) is 1.92. The van der Waals surface area contributed by atoms with Crippen LogP contribution in [0.3, 0.4) is 0 Å². The Hall–Kier alpha value is -1.91. The summed E-state index contributed by atoms with van der Waals surface area (Å²) in [6.45, 7) is 0. The van der Waals surface area contributed by atoms with E-state index in [0.717, 1.165) is 0 Å². The molecule has 0 aliphatic carbocycles. The minimum atomic E-state index is -0.302. The van der Waals surface area contributed by atoms with Crippen LogP contribution in [0.5, 0.6) is 0 Å². The van der Waals surface area contributed by atoms with Gasteiger partial charge in [0.25, 0.3) is 0 Å². The minimum absolute atomic E-state index is 0.187. The van der Waals surface area contributed by atoms with Crippen LogP contribution in [0.1, 0.15) is 0 Å². The molecule has 1 aromatic heterocycles. The molecule has 0 bridgehead atoms. The van der Waals surface area contributed by atoms with Gasteiger partial charge in [-0.1, -0.05) is 12.1 Å². The van der Waals surface area contributed by atoms with Gasteiger partial charge in [0.1, 0.15) is 5.82 Å². The molecule has 0 aliphatic rings. The van der Waals surface area contributed by atoms with Crippen molar-refractivity contribution >= 4 is 5.95 Å². The highest BCUT2D eigenvalue weighted by atomic mass is 19.1. The fourth-order valence-corrected chi connectivity index (χ4v) is 1.28. The van der Waals surface area contributed by atoms with Crippen molar-refractivity contribution in [1.82, 2.24) is 14.8 Å². The Morgan fingerprint density at radius 2 is 2.21 bits per heavy atom. The van der Waals surface area contributed by atoms with Gasteiger partial charge < -0.3 is 5.73 Å². The van der Waals surface area contributed by atoms with E-state index < -0.39 is 0 Å². The van der Waals surface area contributed by atoms with Crippen LogP contribution in [0.2, 0.25) is 0 Å². The monoisotopic (exact) mass is 192 g/mol. The summed E-state index contributed by atoms with van der Waals surface area (Å²) < 4.78 is 14.4. The van der Waals surface area contributed by atoms with Gasteiger partial charge in [-0.2, -0.15) is 4.98 Å².